The van der Waals surface area contributed by atoms with Crippen LogP contribution in [0.1, 0.15) is 37.1 Å². The third kappa shape index (κ3) is 2.15. The minimum Gasteiger partial charge on any atom is -0.374 e. The van der Waals surface area contributed by atoms with Crippen molar-refractivity contribution in [2.75, 3.05) is 6.54 Å². The summed E-state index contributed by atoms with van der Waals surface area (Å²) < 4.78 is 0. The summed E-state index contributed by atoms with van der Waals surface area (Å²) in [7, 11) is 0. The van der Waals surface area contributed by atoms with Gasteiger partial charge in [-0.3, -0.25) is 4.99 Å². The van der Waals surface area contributed by atoms with Gasteiger partial charge in [-0.1, -0.05) is 13.0 Å². The number of nitrogens with one attached hydrogen (secondary N) is 1. The molecule has 0 amide bonds. The first-order chi connectivity index (χ1) is 6.90. The predicted molar refractivity (Wildman–Crippen MR) is 62.0 cm³/mol. The molecule has 1 aromatic rings. The van der Waals surface area contributed by atoms with Crippen LogP contribution < -0.4 is 5.32 Å². The van der Waals surface area contributed by atoms with E-state index in [1.807, 2.05) is 0 Å². The molecule has 1 N–H and O–H groups in total. The summed E-state index contributed by atoms with van der Waals surface area (Å²) in [6.07, 6.45) is 3.45. The lowest BCUT2D eigenvalue weighted by Crippen LogP contribution is -2.15. The fourth-order valence-electron chi connectivity index (χ4n) is 1.71. The Bertz CT molecular complexity index is 295. The molecular formula is C11H16N2S. The van der Waals surface area contributed by atoms with E-state index in [2.05, 4.69) is 29.8 Å². The van der Waals surface area contributed by atoms with Crippen LogP contribution in [0.2, 0.25) is 0 Å². The number of thiophene rings is 1. The number of hydrogen-bond donors (Lipinski definition) is 1. The Kier molecular flexibility index (Phi) is 3.19. The minimum atomic E-state index is 0.371. The lowest BCUT2D eigenvalue weighted by atomic mass is 10.2. The first-order valence-corrected chi connectivity index (χ1v) is 6.12. The second kappa shape index (κ2) is 4.60. The van der Waals surface area contributed by atoms with Crippen molar-refractivity contribution in [2.24, 2.45) is 4.99 Å². The van der Waals surface area contributed by atoms with Gasteiger partial charge in [0.2, 0.25) is 0 Å². The van der Waals surface area contributed by atoms with Crippen LogP contribution in [0, 0.1) is 0 Å². The molecule has 1 atom stereocenters. The zero-order valence-electron chi connectivity index (χ0n) is 8.49. The molecule has 0 radical (unpaired) electrons. The van der Waals surface area contributed by atoms with E-state index in [0.717, 1.165) is 19.4 Å². The number of nitrogens with zero attached hydrogens (tertiary/aromatic N) is 1. The van der Waals surface area contributed by atoms with Crippen molar-refractivity contribution in [1.29, 1.82) is 0 Å². The Morgan fingerprint density at radius 2 is 2.57 bits per heavy atom. The first-order valence-electron chi connectivity index (χ1n) is 5.24. The molecule has 0 aliphatic carbocycles. The molecule has 2 nitrogen and oxygen atoms in total. The van der Waals surface area contributed by atoms with Crippen molar-refractivity contribution in [1.82, 2.24) is 5.32 Å². The van der Waals surface area contributed by atoms with Crippen LogP contribution in [0.15, 0.2) is 22.5 Å². The van der Waals surface area contributed by atoms with E-state index in [-0.39, 0.29) is 0 Å². The van der Waals surface area contributed by atoms with Gasteiger partial charge in [-0.2, -0.15) is 0 Å². The molecule has 2 heterocycles. The normalized spacial score (nSPS) is 21.1. The van der Waals surface area contributed by atoms with Gasteiger partial charge in [0.25, 0.3) is 0 Å². The third-order valence-electron chi connectivity index (χ3n) is 2.49. The number of aliphatic imine (C=N–C) groups is 1. The van der Waals surface area contributed by atoms with Gasteiger partial charge in [-0.15, -0.1) is 11.3 Å². The topological polar surface area (TPSA) is 24.4 Å². The van der Waals surface area contributed by atoms with Gasteiger partial charge in [-0.25, -0.2) is 0 Å². The van der Waals surface area contributed by atoms with Gasteiger partial charge in [0, 0.05) is 17.8 Å². The lowest BCUT2D eigenvalue weighted by Gasteiger charge is -2.08. The smallest absolute Gasteiger partial charge is 0.0971 e. The van der Waals surface area contributed by atoms with E-state index < -0.39 is 0 Å². The van der Waals surface area contributed by atoms with Gasteiger partial charge in [0.1, 0.15) is 0 Å². The highest BCUT2D eigenvalue weighted by Gasteiger charge is 2.12. The molecule has 2 rings (SSSR count). The van der Waals surface area contributed by atoms with Crippen molar-refractivity contribution >= 4 is 17.2 Å². The van der Waals surface area contributed by atoms with Crippen LogP contribution in [0.25, 0.3) is 0 Å². The Labute approximate surface area is 89.1 Å². The van der Waals surface area contributed by atoms with Crippen molar-refractivity contribution < 1.29 is 0 Å². The van der Waals surface area contributed by atoms with E-state index in [0.29, 0.717) is 6.04 Å². The highest BCUT2D eigenvalue weighted by atomic mass is 32.1. The monoisotopic (exact) mass is 208 g/mol. The largest absolute Gasteiger partial charge is 0.374 e. The summed E-state index contributed by atoms with van der Waals surface area (Å²) in [6, 6.07) is 4.65. The Balaban J connectivity index is 2.10. The maximum atomic E-state index is 4.75. The number of amidine groups is 1. The van der Waals surface area contributed by atoms with Crippen LogP contribution in [0.5, 0.6) is 0 Å². The SMILES string of the molecule is CCC(/N=C1/CCCN1)c1cccs1. The fraction of sp³-hybridized carbons (Fsp3) is 0.545. The standard InChI is InChI=1S/C11H16N2S/c1-2-9(10-5-4-8-14-10)13-11-6-3-7-12-11/h4-5,8-9H,2-3,6-7H2,1H3,(H,12,13). The molecule has 0 bridgehead atoms. The number of hydrogen-bond acceptors (Lipinski definition) is 2. The van der Waals surface area contributed by atoms with E-state index in [4.69, 9.17) is 4.99 Å². The van der Waals surface area contributed by atoms with Gasteiger partial charge in [0.05, 0.1) is 11.9 Å². The van der Waals surface area contributed by atoms with Crippen molar-refractivity contribution in [3.05, 3.63) is 22.4 Å². The summed E-state index contributed by atoms with van der Waals surface area (Å²) in [5.41, 5.74) is 0. The van der Waals surface area contributed by atoms with Gasteiger partial charge in [0.15, 0.2) is 0 Å². The maximum Gasteiger partial charge on any atom is 0.0971 e. The van der Waals surface area contributed by atoms with Crippen LogP contribution in [0.3, 0.4) is 0 Å². The van der Waals surface area contributed by atoms with E-state index in [1.54, 1.807) is 11.3 Å². The summed E-state index contributed by atoms with van der Waals surface area (Å²) in [5, 5.41) is 5.46. The highest BCUT2D eigenvalue weighted by Crippen LogP contribution is 2.26. The van der Waals surface area contributed by atoms with Crippen molar-refractivity contribution in [3.8, 4) is 0 Å². The second-order valence-corrected chi connectivity index (χ2v) is 4.52. The summed E-state index contributed by atoms with van der Waals surface area (Å²) in [6.45, 7) is 3.29. The van der Waals surface area contributed by atoms with Gasteiger partial charge >= 0.3 is 0 Å². The molecule has 1 aliphatic heterocycles. The maximum absolute atomic E-state index is 4.75. The van der Waals surface area contributed by atoms with Crippen molar-refractivity contribution in [2.45, 2.75) is 32.2 Å². The molecule has 0 aromatic carbocycles. The zero-order chi connectivity index (χ0) is 9.80. The molecule has 3 heteroatoms. The molecule has 1 aromatic heterocycles. The predicted octanol–water partition coefficient (Wildman–Crippen LogP) is 2.98. The van der Waals surface area contributed by atoms with Crippen LogP contribution in [0.4, 0.5) is 0 Å². The zero-order valence-corrected chi connectivity index (χ0v) is 9.31. The molecular weight excluding hydrogens is 192 g/mol. The Hall–Kier alpha value is -0.830. The number of rotatable bonds is 3. The molecule has 1 aliphatic rings. The fourth-order valence-corrected chi connectivity index (χ4v) is 2.56. The minimum absolute atomic E-state index is 0.371. The van der Waals surface area contributed by atoms with Crippen LogP contribution in [-0.2, 0) is 0 Å². The van der Waals surface area contributed by atoms with Crippen LogP contribution >= 0.6 is 11.3 Å². The van der Waals surface area contributed by atoms with E-state index >= 15 is 0 Å². The van der Waals surface area contributed by atoms with Gasteiger partial charge in [-0.05, 0) is 24.3 Å². The van der Waals surface area contributed by atoms with Crippen LogP contribution in [-0.4, -0.2) is 12.4 Å². The van der Waals surface area contributed by atoms with E-state index in [1.165, 1.54) is 17.1 Å². The quantitative estimate of drug-likeness (QED) is 0.811. The summed E-state index contributed by atoms with van der Waals surface area (Å²) in [5.74, 6) is 1.20. The molecule has 14 heavy (non-hydrogen) atoms. The Morgan fingerprint density at radius 1 is 1.64 bits per heavy atom. The summed E-state index contributed by atoms with van der Waals surface area (Å²) in [4.78, 5) is 6.14. The third-order valence-corrected chi connectivity index (χ3v) is 3.46. The van der Waals surface area contributed by atoms with Crippen molar-refractivity contribution in [3.63, 3.8) is 0 Å². The molecule has 1 saturated heterocycles. The molecule has 0 spiro atoms. The lowest BCUT2D eigenvalue weighted by molar-refractivity contribution is 0.709. The highest BCUT2D eigenvalue weighted by molar-refractivity contribution is 7.10. The molecule has 76 valence electrons. The summed E-state index contributed by atoms with van der Waals surface area (Å²) >= 11 is 1.80. The Morgan fingerprint density at radius 3 is 3.14 bits per heavy atom. The van der Waals surface area contributed by atoms with E-state index in [9.17, 15) is 0 Å². The first kappa shape index (κ1) is 9.71. The average Bonchev–Trinajstić information content (AvgIpc) is 2.86. The van der Waals surface area contributed by atoms with Gasteiger partial charge < -0.3 is 5.32 Å². The molecule has 0 saturated carbocycles. The average molecular weight is 208 g/mol. The molecule has 1 fully saturated rings. The molecule has 1 unspecified atom stereocenters. The second-order valence-electron chi connectivity index (χ2n) is 3.55.